The average molecular weight is 211 g/mol. The summed E-state index contributed by atoms with van der Waals surface area (Å²) in [6.07, 6.45) is 4.08. The Morgan fingerprint density at radius 1 is 1.33 bits per heavy atom. The van der Waals surface area contributed by atoms with Gasteiger partial charge in [0, 0.05) is 6.42 Å². The van der Waals surface area contributed by atoms with Gasteiger partial charge in [-0.1, -0.05) is 32.3 Å². The van der Waals surface area contributed by atoms with Crippen LogP contribution in [0.2, 0.25) is 0 Å². The molecule has 2 N–H and O–H groups in total. The van der Waals surface area contributed by atoms with Crippen molar-refractivity contribution in [3.63, 3.8) is 0 Å². The molecule has 0 saturated carbocycles. The lowest BCUT2D eigenvalue weighted by Gasteiger charge is -2.14. The third-order valence-corrected chi connectivity index (χ3v) is 2.60. The summed E-state index contributed by atoms with van der Waals surface area (Å²) in [7, 11) is 0. The second kappa shape index (κ2) is 5.85. The van der Waals surface area contributed by atoms with E-state index in [4.69, 9.17) is 10.3 Å². The molecule has 4 heteroatoms. The van der Waals surface area contributed by atoms with Crippen LogP contribution in [0.15, 0.2) is 4.52 Å². The van der Waals surface area contributed by atoms with Crippen LogP contribution in [0.3, 0.4) is 0 Å². The topological polar surface area (TPSA) is 64.9 Å². The van der Waals surface area contributed by atoms with Crippen LogP contribution in [0.25, 0.3) is 0 Å². The van der Waals surface area contributed by atoms with E-state index >= 15 is 0 Å². The summed E-state index contributed by atoms with van der Waals surface area (Å²) in [5.74, 6) is 1.76. The highest BCUT2D eigenvalue weighted by molar-refractivity contribution is 4.94. The van der Waals surface area contributed by atoms with Crippen molar-refractivity contribution >= 4 is 0 Å². The van der Waals surface area contributed by atoms with Gasteiger partial charge in [-0.25, -0.2) is 0 Å². The van der Waals surface area contributed by atoms with Crippen molar-refractivity contribution in [2.24, 2.45) is 11.7 Å². The second-order valence-corrected chi connectivity index (χ2v) is 4.09. The van der Waals surface area contributed by atoms with E-state index in [-0.39, 0.29) is 6.04 Å². The molecule has 15 heavy (non-hydrogen) atoms. The Bertz CT molecular complexity index is 285. The lowest BCUT2D eigenvalue weighted by molar-refractivity contribution is 0.354. The van der Waals surface area contributed by atoms with Gasteiger partial charge >= 0.3 is 0 Å². The summed E-state index contributed by atoms with van der Waals surface area (Å²) >= 11 is 0. The first-order chi connectivity index (χ1) is 7.19. The number of hydrogen-bond acceptors (Lipinski definition) is 4. The van der Waals surface area contributed by atoms with Gasteiger partial charge in [-0.15, -0.1) is 0 Å². The molecule has 0 radical (unpaired) electrons. The van der Waals surface area contributed by atoms with Gasteiger partial charge in [0.05, 0.1) is 6.04 Å². The van der Waals surface area contributed by atoms with Gasteiger partial charge in [0.2, 0.25) is 5.89 Å². The first-order valence-corrected chi connectivity index (χ1v) is 5.77. The highest BCUT2D eigenvalue weighted by Crippen LogP contribution is 2.20. The molecule has 0 spiro atoms. The predicted octanol–water partition coefficient (Wildman–Crippen LogP) is 2.46. The molecule has 0 aliphatic carbocycles. The summed E-state index contributed by atoms with van der Waals surface area (Å²) in [5, 5.41) is 3.93. The molecule has 0 amide bonds. The third kappa shape index (κ3) is 3.30. The third-order valence-electron chi connectivity index (χ3n) is 2.60. The maximum atomic E-state index is 6.05. The summed E-state index contributed by atoms with van der Waals surface area (Å²) in [4.78, 5) is 4.30. The number of aryl methyl sites for hydroxylation is 1. The molecule has 1 rings (SSSR count). The van der Waals surface area contributed by atoms with Crippen LogP contribution in [0.1, 0.15) is 57.8 Å². The Hall–Kier alpha value is -0.900. The minimum Gasteiger partial charge on any atom is -0.339 e. The van der Waals surface area contributed by atoms with Crippen LogP contribution >= 0.6 is 0 Å². The van der Waals surface area contributed by atoms with E-state index in [1.54, 1.807) is 0 Å². The molecule has 1 heterocycles. The van der Waals surface area contributed by atoms with Crippen LogP contribution in [0, 0.1) is 5.92 Å². The minimum atomic E-state index is -0.0979. The first-order valence-electron chi connectivity index (χ1n) is 5.77. The van der Waals surface area contributed by atoms with Gasteiger partial charge in [0.15, 0.2) is 5.82 Å². The number of aromatic nitrogens is 2. The molecular formula is C11H21N3O. The zero-order chi connectivity index (χ0) is 11.3. The quantitative estimate of drug-likeness (QED) is 0.785. The Labute approximate surface area is 91.2 Å². The van der Waals surface area contributed by atoms with Gasteiger partial charge in [-0.2, -0.15) is 4.98 Å². The zero-order valence-corrected chi connectivity index (χ0v) is 9.86. The maximum absolute atomic E-state index is 6.05. The van der Waals surface area contributed by atoms with Crippen molar-refractivity contribution in [3.05, 3.63) is 11.7 Å². The van der Waals surface area contributed by atoms with E-state index in [1.165, 1.54) is 0 Å². The van der Waals surface area contributed by atoms with Crippen molar-refractivity contribution in [1.29, 1.82) is 0 Å². The SMILES string of the molecule is CCCc1nc(C(N)C(C)CCC)no1. The Kier molecular flexibility index (Phi) is 4.75. The molecule has 0 aliphatic rings. The summed E-state index contributed by atoms with van der Waals surface area (Å²) in [6.45, 7) is 6.37. The van der Waals surface area contributed by atoms with Crippen LogP contribution in [-0.2, 0) is 6.42 Å². The number of nitrogens with zero attached hydrogens (tertiary/aromatic N) is 2. The largest absolute Gasteiger partial charge is 0.339 e. The molecular weight excluding hydrogens is 190 g/mol. The molecule has 86 valence electrons. The standard InChI is InChI=1S/C11H21N3O/c1-4-6-8(3)10(12)11-13-9(7-5-2)15-14-11/h8,10H,4-7,12H2,1-3H3. The predicted molar refractivity (Wildman–Crippen MR) is 59.3 cm³/mol. The van der Waals surface area contributed by atoms with Crippen molar-refractivity contribution in [1.82, 2.24) is 10.1 Å². The lowest BCUT2D eigenvalue weighted by Crippen LogP contribution is -2.20. The van der Waals surface area contributed by atoms with Gasteiger partial charge in [-0.05, 0) is 18.8 Å². The van der Waals surface area contributed by atoms with E-state index in [9.17, 15) is 0 Å². The van der Waals surface area contributed by atoms with Crippen LogP contribution in [0.4, 0.5) is 0 Å². The van der Waals surface area contributed by atoms with Crippen molar-refractivity contribution in [2.45, 2.75) is 52.5 Å². The summed E-state index contributed by atoms with van der Waals surface area (Å²) in [6, 6.07) is -0.0979. The van der Waals surface area contributed by atoms with E-state index in [0.29, 0.717) is 17.6 Å². The molecule has 0 saturated heterocycles. The molecule has 0 aliphatic heterocycles. The Balaban J connectivity index is 2.60. The zero-order valence-electron chi connectivity index (χ0n) is 9.86. The van der Waals surface area contributed by atoms with Gasteiger partial charge < -0.3 is 10.3 Å². The molecule has 0 fully saturated rings. The van der Waals surface area contributed by atoms with Crippen molar-refractivity contribution in [3.8, 4) is 0 Å². The van der Waals surface area contributed by atoms with E-state index in [2.05, 4.69) is 30.9 Å². The molecule has 0 bridgehead atoms. The fourth-order valence-electron chi connectivity index (χ4n) is 1.61. The fraction of sp³-hybridized carbons (Fsp3) is 0.818. The van der Waals surface area contributed by atoms with Crippen LogP contribution in [-0.4, -0.2) is 10.1 Å². The lowest BCUT2D eigenvalue weighted by atomic mass is 9.97. The fourth-order valence-corrected chi connectivity index (χ4v) is 1.61. The number of hydrogen-bond donors (Lipinski definition) is 1. The van der Waals surface area contributed by atoms with Gasteiger partial charge in [0.25, 0.3) is 0 Å². The molecule has 1 aromatic heterocycles. The molecule has 1 aromatic rings. The Morgan fingerprint density at radius 3 is 2.67 bits per heavy atom. The summed E-state index contributed by atoms with van der Waals surface area (Å²) in [5.41, 5.74) is 6.05. The van der Waals surface area contributed by atoms with E-state index in [0.717, 1.165) is 25.7 Å². The Morgan fingerprint density at radius 2 is 2.07 bits per heavy atom. The normalized spacial score (nSPS) is 15.2. The highest BCUT2D eigenvalue weighted by Gasteiger charge is 2.19. The van der Waals surface area contributed by atoms with Gasteiger partial charge in [-0.3, -0.25) is 0 Å². The molecule has 0 aromatic carbocycles. The van der Waals surface area contributed by atoms with Crippen molar-refractivity contribution in [2.75, 3.05) is 0 Å². The van der Waals surface area contributed by atoms with E-state index in [1.807, 2.05) is 0 Å². The second-order valence-electron chi connectivity index (χ2n) is 4.09. The smallest absolute Gasteiger partial charge is 0.226 e. The first kappa shape index (κ1) is 12.2. The molecule has 2 atom stereocenters. The van der Waals surface area contributed by atoms with Crippen LogP contribution < -0.4 is 5.73 Å². The average Bonchev–Trinajstić information content (AvgIpc) is 2.66. The number of rotatable bonds is 6. The number of nitrogens with two attached hydrogens (primary N) is 1. The van der Waals surface area contributed by atoms with Crippen molar-refractivity contribution < 1.29 is 4.52 Å². The van der Waals surface area contributed by atoms with E-state index < -0.39 is 0 Å². The molecule has 2 unspecified atom stereocenters. The van der Waals surface area contributed by atoms with Crippen LogP contribution in [0.5, 0.6) is 0 Å². The van der Waals surface area contributed by atoms with Gasteiger partial charge in [0.1, 0.15) is 0 Å². The maximum Gasteiger partial charge on any atom is 0.226 e. The summed E-state index contributed by atoms with van der Waals surface area (Å²) < 4.78 is 5.11. The molecule has 4 nitrogen and oxygen atoms in total. The minimum absolute atomic E-state index is 0.0979. The highest BCUT2D eigenvalue weighted by atomic mass is 16.5. The monoisotopic (exact) mass is 211 g/mol.